The topological polar surface area (TPSA) is 32.3 Å². The van der Waals surface area contributed by atoms with Gasteiger partial charge < -0.3 is 9.80 Å². The van der Waals surface area contributed by atoms with Crippen molar-refractivity contribution >= 4 is 11.4 Å². The van der Waals surface area contributed by atoms with Gasteiger partial charge in [-0.1, -0.05) is 35.4 Å². The van der Waals surface area contributed by atoms with E-state index in [4.69, 9.17) is 9.97 Å². The number of benzene rings is 2. The Morgan fingerprint density at radius 3 is 1.14 bits per heavy atom. The van der Waals surface area contributed by atoms with Crippen LogP contribution in [0.2, 0.25) is 0 Å². The van der Waals surface area contributed by atoms with Crippen LogP contribution in [0.1, 0.15) is 33.4 Å². The molecule has 2 aromatic carbocycles. The summed E-state index contributed by atoms with van der Waals surface area (Å²) >= 11 is 0. The summed E-state index contributed by atoms with van der Waals surface area (Å²) in [7, 11) is 4.24. The van der Waals surface area contributed by atoms with Gasteiger partial charge in [-0.2, -0.15) is 0 Å². The van der Waals surface area contributed by atoms with Crippen molar-refractivity contribution in [2.24, 2.45) is 0 Å². The molecule has 4 heteroatoms. The number of anilines is 2. The number of nitrogens with zero attached hydrogens (tertiary/aromatic N) is 4. The molecule has 4 nitrogen and oxygen atoms in total. The lowest BCUT2D eigenvalue weighted by Gasteiger charge is -2.25. The molecule has 0 aliphatic rings. The molecule has 36 heavy (non-hydrogen) atoms. The molecule has 2 aromatic heterocycles. The molecule has 4 aromatic rings. The van der Waals surface area contributed by atoms with E-state index < -0.39 is 0 Å². The van der Waals surface area contributed by atoms with Crippen LogP contribution in [0.5, 0.6) is 0 Å². The van der Waals surface area contributed by atoms with Crippen molar-refractivity contribution in [1.29, 1.82) is 0 Å². The number of aromatic nitrogens is 2. The first-order valence-corrected chi connectivity index (χ1v) is 12.6. The highest BCUT2D eigenvalue weighted by molar-refractivity contribution is 5.70. The number of hydrogen-bond donors (Lipinski definition) is 0. The van der Waals surface area contributed by atoms with E-state index in [1.807, 2.05) is 12.4 Å². The van der Waals surface area contributed by atoms with Gasteiger partial charge in [0.1, 0.15) is 0 Å². The minimum atomic E-state index is 0.887. The Morgan fingerprint density at radius 2 is 0.861 bits per heavy atom. The maximum absolute atomic E-state index is 4.80. The van der Waals surface area contributed by atoms with Crippen molar-refractivity contribution in [3.63, 3.8) is 0 Å². The summed E-state index contributed by atoms with van der Waals surface area (Å²) in [4.78, 5) is 14.1. The molecule has 0 amide bonds. The van der Waals surface area contributed by atoms with Crippen LogP contribution >= 0.6 is 0 Å². The minimum absolute atomic E-state index is 0.887. The summed E-state index contributed by atoms with van der Waals surface area (Å²) in [5.41, 5.74) is 14.5. The van der Waals surface area contributed by atoms with E-state index in [1.54, 1.807) is 0 Å². The van der Waals surface area contributed by atoms with Gasteiger partial charge in [0, 0.05) is 38.3 Å². The molecular formula is C32H38N4. The van der Waals surface area contributed by atoms with Crippen LogP contribution < -0.4 is 9.80 Å². The second-order valence-corrected chi connectivity index (χ2v) is 10.2. The first kappa shape index (κ1) is 25.4. The number of pyridine rings is 2. The molecule has 0 radical (unpaired) electrons. The standard InChI is InChI=1S/C32H38N4/c1-21-15-23(3)31(24(4)16-21)29-11-9-27(19-33-29)35(7)13-14-36(8)28-10-12-30(34-20-28)32-25(5)17-22(2)18-26(32)6/h9-12,15-20H,13-14H2,1-8H3. The van der Waals surface area contributed by atoms with Crippen molar-refractivity contribution in [2.75, 3.05) is 37.0 Å². The number of likely N-dealkylation sites (N-methyl/N-ethyl adjacent to an activating group) is 2. The normalized spacial score (nSPS) is 11.0. The lowest BCUT2D eigenvalue weighted by Crippen LogP contribution is -2.30. The van der Waals surface area contributed by atoms with E-state index in [0.29, 0.717) is 0 Å². The Morgan fingerprint density at radius 1 is 0.528 bits per heavy atom. The molecule has 0 spiro atoms. The van der Waals surface area contributed by atoms with E-state index in [9.17, 15) is 0 Å². The van der Waals surface area contributed by atoms with Crippen LogP contribution in [0.25, 0.3) is 22.5 Å². The molecule has 0 fully saturated rings. The fourth-order valence-electron chi connectivity index (χ4n) is 5.25. The third kappa shape index (κ3) is 5.43. The molecule has 0 atom stereocenters. The number of aryl methyl sites for hydroxylation is 6. The Bertz CT molecular complexity index is 1200. The first-order chi connectivity index (χ1) is 17.1. The van der Waals surface area contributed by atoms with Crippen molar-refractivity contribution < 1.29 is 0 Å². The predicted octanol–water partition coefficient (Wildman–Crippen LogP) is 7.23. The van der Waals surface area contributed by atoms with Gasteiger partial charge in [-0.3, -0.25) is 9.97 Å². The van der Waals surface area contributed by atoms with Gasteiger partial charge in [-0.25, -0.2) is 0 Å². The molecule has 0 saturated carbocycles. The molecule has 2 heterocycles. The summed E-state index contributed by atoms with van der Waals surface area (Å²) in [5, 5.41) is 0. The van der Waals surface area contributed by atoms with Gasteiger partial charge >= 0.3 is 0 Å². The van der Waals surface area contributed by atoms with Crippen LogP contribution in [0.15, 0.2) is 60.9 Å². The van der Waals surface area contributed by atoms with Gasteiger partial charge in [-0.15, -0.1) is 0 Å². The minimum Gasteiger partial charge on any atom is -0.372 e. The first-order valence-electron chi connectivity index (χ1n) is 12.6. The van der Waals surface area contributed by atoms with E-state index in [0.717, 1.165) is 35.9 Å². The largest absolute Gasteiger partial charge is 0.372 e. The Labute approximate surface area is 216 Å². The number of rotatable bonds is 7. The van der Waals surface area contributed by atoms with Gasteiger partial charge in [0.25, 0.3) is 0 Å². The summed E-state index contributed by atoms with van der Waals surface area (Å²) in [6, 6.07) is 17.5. The van der Waals surface area contributed by atoms with Crippen LogP contribution in [-0.4, -0.2) is 37.2 Å². The molecule has 4 rings (SSSR count). The maximum atomic E-state index is 4.80. The summed E-state index contributed by atoms with van der Waals surface area (Å²) in [6.45, 7) is 14.7. The SMILES string of the molecule is Cc1cc(C)c(-c2ccc(N(C)CCN(C)c3ccc(-c4c(C)cc(C)cc4C)nc3)cn2)c(C)c1. The zero-order chi connectivity index (χ0) is 26.0. The highest BCUT2D eigenvalue weighted by Crippen LogP contribution is 2.29. The van der Waals surface area contributed by atoms with E-state index >= 15 is 0 Å². The van der Waals surface area contributed by atoms with Crippen LogP contribution in [0, 0.1) is 41.5 Å². The van der Waals surface area contributed by atoms with Crippen LogP contribution in [0.3, 0.4) is 0 Å². The second kappa shape index (κ2) is 10.5. The quantitative estimate of drug-likeness (QED) is 0.280. The fraction of sp³-hybridized carbons (Fsp3) is 0.312. The second-order valence-electron chi connectivity index (χ2n) is 10.2. The van der Waals surface area contributed by atoms with Crippen molar-refractivity contribution in [3.05, 3.63) is 94.3 Å². The summed E-state index contributed by atoms with van der Waals surface area (Å²) < 4.78 is 0. The predicted molar refractivity (Wildman–Crippen MR) is 154 cm³/mol. The molecule has 0 bridgehead atoms. The highest BCUT2D eigenvalue weighted by Gasteiger charge is 2.12. The smallest absolute Gasteiger partial charge is 0.0708 e. The Kier molecular flexibility index (Phi) is 7.44. The fourth-order valence-corrected chi connectivity index (χ4v) is 5.25. The third-order valence-corrected chi connectivity index (χ3v) is 7.01. The Hall–Kier alpha value is -3.66. The van der Waals surface area contributed by atoms with E-state index in [1.165, 1.54) is 44.5 Å². The molecule has 186 valence electrons. The van der Waals surface area contributed by atoms with Crippen LogP contribution in [0.4, 0.5) is 11.4 Å². The Balaban J connectivity index is 1.40. The average molecular weight is 479 g/mol. The monoisotopic (exact) mass is 478 g/mol. The van der Waals surface area contributed by atoms with Gasteiger partial charge in [0.05, 0.1) is 35.2 Å². The summed E-state index contributed by atoms with van der Waals surface area (Å²) in [6.07, 6.45) is 3.97. The lowest BCUT2D eigenvalue weighted by molar-refractivity contribution is 0.829. The molecule has 0 unspecified atom stereocenters. The zero-order valence-electron chi connectivity index (χ0n) is 23.0. The lowest BCUT2D eigenvalue weighted by atomic mass is 9.97. The molecule has 0 saturated heterocycles. The van der Waals surface area contributed by atoms with Crippen molar-refractivity contribution in [2.45, 2.75) is 41.5 Å². The van der Waals surface area contributed by atoms with Gasteiger partial charge in [-0.05, 0) is 88.1 Å². The van der Waals surface area contributed by atoms with Gasteiger partial charge in [0.2, 0.25) is 0 Å². The highest BCUT2D eigenvalue weighted by atomic mass is 15.2. The van der Waals surface area contributed by atoms with Crippen molar-refractivity contribution in [3.8, 4) is 22.5 Å². The molecule has 0 aliphatic carbocycles. The molecule has 0 N–H and O–H groups in total. The third-order valence-electron chi connectivity index (χ3n) is 7.01. The average Bonchev–Trinajstić information content (AvgIpc) is 2.82. The number of hydrogen-bond acceptors (Lipinski definition) is 4. The van der Waals surface area contributed by atoms with E-state index in [2.05, 4.69) is 114 Å². The maximum Gasteiger partial charge on any atom is 0.0708 e. The van der Waals surface area contributed by atoms with Gasteiger partial charge in [0.15, 0.2) is 0 Å². The molecular weight excluding hydrogens is 440 g/mol. The van der Waals surface area contributed by atoms with Crippen LogP contribution in [-0.2, 0) is 0 Å². The summed E-state index contributed by atoms with van der Waals surface area (Å²) in [5.74, 6) is 0. The van der Waals surface area contributed by atoms with E-state index in [-0.39, 0.29) is 0 Å². The molecule has 0 aliphatic heterocycles. The zero-order valence-corrected chi connectivity index (χ0v) is 23.0. The van der Waals surface area contributed by atoms with Crippen molar-refractivity contribution in [1.82, 2.24) is 9.97 Å².